The van der Waals surface area contributed by atoms with Gasteiger partial charge in [-0.1, -0.05) is 30.3 Å². The number of nitrogens with one attached hydrogen (secondary N) is 1. The second-order valence-corrected chi connectivity index (χ2v) is 5.60. The van der Waals surface area contributed by atoms with Crippen molar-refractivity contribution in [1.82, 2.24) is 14.1 Å². The predicted octanol–water partition coefficient (Wildman–Crippen LogP) is 1.89. The second-order valence-electron chi connectivity index (χ2n) is 5.04. The summed E-state index contributed by atoms with van der Waals surface area (Å²) in [5.41, 5.74) is 1.34. The zero-order chi connectivity index (χ0) is 14.9. The van der Waals surface area contributed by atoms with Crippen LogP contribution in [0.25, 0.3) is 0 Å². The van der Waals surface area contributed by atoms with Crippen molar-refractivity contribution in [2.75, 3.05) is 13.2 Å². The molecule has 0 bridgehead atoms. The molecule has 2 N–H and O–H groups in total. The molecule has 1 aromatic heterocycles. The van der Waals surface area contributed by atoms with E-state index in [-0.39, 0.29) is 6.61 Å². The molecule has 0 radical (unpaired) electrons. The van der Waals surface area contributed by atoms with Gasteiger partial charge in [-0.15, -0.1) is 4.37 Å². The number of benzene rings is 1. The molecule has 6 heteroatoms. The first-order chi connectivity index (χ1) is 10.2. The average Bonchev–Trinajstić information content (AvgIpc) is 3.03. The van der Waals surface area contributed by atoms with E-state index in [0.29, 0.717) is 18.5 Å². The number of rotatable bonds is 9. The van der Waals surface area contributed by atoms with Crippen LogP contribution in [-0.2, 0) is 6.42 Å². The molecule has 114 valence electrons. The summed E-state index contributed by atoms with van der Waals surface area (Å²) in [6, 6.07) is 10.8. The van der Waals surface area contributed by atoms with Gasteiger partial charge in [-0.25, -0.2) is 0 Å². The molecule has 1 aromatic carbocycles. The van der Waals surface area contributed by atoms with Gasteiger partial charge in [-0.2, -0.15) is 4.37 Å². The second kappa shape index (κ2) is 8.71. The summed E-state index contributed by atoms with van der Waals surface area (Å²) >= 11 is 1.09. The Morgan fingerprint density at radius 3 is 2.86 bits per heavy atom. The lowest BCUT2D eigenvalue weighted by Crippen LogP contribution is -2.36. The minimum absolute atomic E-state index is 0.226. The zero-order valence-corrected chi connectivity index (χ0v) is 12.9. The molecule has 0 aliphatic rings. The fourth-order valence-corrected chi connectivity index (χ4v) is 2.29. The largest absolute Gasteiger partial charge is 0.473 e. The first kappa shape index (κ1) is 15.9. The number of ether oxygens (including phenoxy) is 1. The Bertz CT molecular complexity index is 493. The molecule has 5 nitrogen and oxygen atoms in total. The van der Waals surface area contributed by atoms with Gasteiger partial charge < -0.3 is 15.2 Å². The normalized spacial score (nSPS) is 13.8. The number of hydrogen-bond acceptors (Lipinski definition) is 6. The van der Waals surface area contributed by atoms with Crippen molar-refractivity contribution in [3.05, 3.63) is 42.1 Å². The van der Waals surface area contributed by atoms with Crippen LogP contribution >= 0.6 is 11.7 Å². The molecule has 2 aromatic rings. The predicted molar refractivity (Wildman–Crippen MR) is 83.6 cm³/mol. The molecule has 0 amide bonds. The smallest absolute Gasteiger partial charge is 0.245 e. The number of aryl methyl sites for hydroxylation is 1. The van der Waals surface area contributed by atoms with Crippen LogP contribution in [0.1, 0.15) is 18.9 Å². The topological polar surface area (TPSA) is 67.3 Å². The minimum Gasteiger partial charge on any atom is -0.473 e. The molecule has 0 saturated heterocycles. The Labute approximate surface area is 129 Å². The highest BCUT2D eigenvalue weighted by molar-refractivity contribution is 6.99. The van der Waals surface area contributed by atoms with E-state index in [0.717, 1.165) is 24.6 Å². The van der Waals surface area contributed by atoms with Crippen LogP contribution in [0.5, 0.6) is 5.88 Å². The van der Waals surface area contributed by atoms with Gasteiger partial charge in [0.1, 0.15) is 18.9 Å². The van der Waals surface area contributed by atoms with Gasteiger partial charge >= 0.3 is 0 Å². The molecule has 0 spiro atoms. The zero-order valence-electron chi connectivity index (χ0n) is 12.1. The highest BCUT2D eigenvalue weighted by Gasteiger charge is 2.09. The average molecular weight is 307 g/mol. The molecule has 0 saturated carbocycles. The van der Waals surface area contributed by atoms with Crippen LogP contribution in [0.4, 0.5) is 0 Å². The fourth-order valence-electron chi connectivity index (χ4n) is 1.93. The maximum Gasteiger partial charge on any atom is 0.245 e. The maximum atomic E-state index is 9.85. The van der Waals surface area contributed by atoms with Crippen molar-refractivity contribution >= 4 is 11.7 Å². The first-order valence-corrected chi connectivity index (χ1v) is 7.83. The highest BCUT2D eigenvalue weighted by atomic mass is 32.1. The summed E-state index contributed by atoms with van der Waals surface area (Å²) in [5, 5.41) is 13.2. The lowest BCUT2D eigenvalue weighted by Gasteiger charge is -2.17. The van der Waals surface area contributed by atoms with E-state index < -0.39 is 6.10 Å². The SMILES string of the molecule is CC(CCc1ccccc1)NCC(O)COc1cnsn1. The fraction of sp³-hybridized carbons (Fsp3) is 0.467. The molecule has 0 fully saturated rings. The third-order valence-corrected chi connectivity index (χ3v) is 3.64. The van der Waals surface area contributed by atoms with E-state index in [1.54, 1.807) is 6.20 Å². The lowest BCUT2D eigenvalue weighted by molar-refractivity contribution is 0.102. The van der Waals surface area contributed by atoms with Crippen molar-refractivity contribution in [3.8, 4) is 5.88 Å². The molecule has 21 heavy (non-hydrogen) atoms. The summed E-state index contributed by atoms with van der Waals surface area (Å²) in [6.45, 7) is 2.86. The van der Waals surface area contributed by atoms with E-state index in [4.69, 9.17) is 4.74 Å². The molecule has 0 aliphatic carbocycles. The summed E-state index contributed by atoms with van der Waals surface area (Å²) in [6.07, 6.45) is 3.07. The van der Waals surface area contributed by atoms with E-state index >= 15 is 0 Å². The van der Waals surface area contributed by atoms with E-state index in [1.165, 1.54) is 5.56 Å². The Morgan fingerprint density at radius 2 is 2.14 bits per heavy atom. The van der Waals surface area contributed by atoms with E-state index in [2.05, 4.69) is 45.3 Å². The van der Waals surface area contributed by atoms with Gasteiger partial charge in [-0.3, -0.25) is 0 Å². The number of hydrogen-bond donors (Lipinski definition) is 2. The van der Waals surface area contributed by atoms with Crippen molar-refractivity contribution in [1.29, 1.82) is 0 Å². The van der Waals surface area contributed by atoms with Crippen LogP contribution in [-0.4, -0.2) is 39.2 Å². The summed E-state index contributed by atoms with van der Waals surface area (Å²) in [4.78, 5) is 0. The standard InChI is InChI=1S/C15H21N3O2S/c1-12(7-8-13-5-3-2-4-6-13)16-9-14(19)11-20-15-10-17-21-18-15/h2-6,10,12,14,16,19H,7-9,11H2,1H3. The van der Waals surface area contributed by atoms with Crippen LogP contribution in [0.2, 0.25) is 0 Å². The van der Waals surface area contributed by atoms with Gasteiger partial charge in [0.25, 0.3) is 0 Å². The molecular weight excluding hydrogens is 286 g/mol. The maximum absolute atomic E-state index is 9.85. The molecule has 2 atom stereocenters. The summed E-state index contributed by atoms with van der Waals surface area (Å²) < 4.78 is 13.1. The Balaban J connectivity index is 1.58. The van der Waals surface area contributed by atoms with Crippen LogP contribution in [0, 0.1) is 0 Å². The van der Waals surface area contributed by atoms with Crippen LogP contribution in [0.3, 0.4) is 0 Å². The number of aliphatic hydroxyl groups excluding tert-OH is 1. The number of nitrogens with zero attached hydrogens (tertiary/aromatic N) is 2. The molecular formula is C15H21N3O2S. The van der Waals surface area contributed by atoms with Gasteiger partial charge in [-0.05, 0) is 25.3 Å². The summed E-state index contributed by atoms with van der Waals surface area (Å²) in [7, 11) is 0. The minimum atomic E-state index is -0.550. The number of aromatic nitrogens is 2. The monoisotopic (exact) mass is 307 g/mol. The van der Waals surface area contributed by atoms with Crippen LogP contribution < -0.4 is 10.1 Å². The highest BCUT2D eigenvalue weighted by Crippen LogP contribution is 2.06. The quantitative estimate of drug-likeness (QED) is 0.740. The molecule has 2 unspecified atom stereocenters. The van der Waals surface area contributed by atoms with Crippen LogP contribution in [0.15, 0.2) is 36.5 Å². The Hall–Kier alpha value is -1.50. The summed E-state index contributed by atoms with van der Waals surface area (Å²) in [5.74, 6) is 0.469. The third-order valence-electron chi connectivity index (χ3n) is 3.18. The third kappa shape index (κ3) is 6.20. The van der Waals surface area contributed by atoms with E-state index in [9.17, 15) is 5.11 Å². The van der Waals surface area contributed by atoms with Gasteiger partial charge in [0.15, 0.2) is 0 Å². The van der Waals surface area contributed by atoms with Crippen molar-refractivity contribution in [3.63, 3.8) is 0 Å². The first-order valence-electron chi connectivity index (χ1n) is 7.10. The van der Waals surface area contributed by atoms with Gasteiger partial charge in [0, 0.05) is 12.6 Å². The van der Waals surface area contributed by atoms with Crippen molar-refractivity contribution in [2.45, 2.75) is 31.9 Å². The van der Waals surface area contributed by atoms with Crippen molar-refractivity contribution in [2.24, 2.45) is 0 Å². The van der Waals surface area contributed by atoms with Gasteiger partial charge in [0.2, 0.25) is 5.88 Å². The van der Waals surface area contributed by atoms with E-state index in [1.807, 2.05) is 6.07 Å². The Kier molecular flexibility index (Phi) is 6.59. The molecule has 1 heterocycles. The van der Waals surface area contributed by atoms with Crippen molar-refractivity contribution < 1.29 is 9.84 Å². The van der Waals surface area contributed by atoms with Gasteiger partial charge in [0.05, 0.1) is 11.7 Å². The lowest BCUT2D eigenvalue weighted by atomic mass is 10.1. The Morgan fingerprint density at radius 1 is 1.33 bits per heavy atom. The molecule has 0 aliphatic heterocycles. The molecule has 2 rings (SSSR count). The number of aliphatic hydroxyl groups is 1.